The summed E-state index contributed by atoms with van der Waals surface area (Å²) in [6, 6.07) is 7.98. The second kappa shape index (κ2) is 3.14. The molecule has 0 fully saturated rings. The van der Waals surface area contributed by atoms with Crippen molar-refractivity contribution in [3.63, 3.8) is 0 Å². The third-order valence-corrected chi connectivity index (χ3v) is 3.10. The lowest BCUT2D eigenvalue weighted by Crippen LogP contribution is -1.85. The van der Waals surface area contributed by atoms with E-state index in [9.17, 15) is 0 Å². The zero-order valence-corrected chi connectivity index (χ0v) is 8.35. The molecule has 0 aliphatic rings. The van der Waals surface area contributed by atoms with E-state index in [4.69, 9.17) is 10.5 Å². The van der Waals surface area contributed by atoms with Gasteiger partial charge in [-0.1, -0.05) is 0 Å². The van der Waals surface area contributed by atoms with Gasteiger partial charge in [0.25, 0.3) is 0 Å². The van der Waals surface area contributed by atoms with Gasteiger partial charge in [0.2, 0.25) is 0 Å². The highest BCUT2D eigenvalue weighted by molar-refractivity contribution is 7.17. The molecule has 0 aliphatic carbocycles. The minimum atomic E-state index is 0.651. The first-order valence-corrected chi connectivity index (χ1v) is 4.97. The molecule has 0 aliphatic heterocycles. The summed E-state index contributed by atoms with van der Waals surface area (Å²) < 4.78 is 0.920. The predicted molar refractivity (Wildman–Crippen MR) is 56.0 cm³/mol. The van der Waals surface area contributed by atoms with Crippen LogP contribution in [0.5, 0.6) is 0 Å². The molecule has 0 spiro atoms. The Kier molecular flexibility index (Phi) is 1.96. The van der Waals surface area contributed by atoms with Gasteiger partial charge in [0.05, 0.1) is 21.9 Å². The van der Waals surface area contributed by atoms with Gasteiger partial charge in [-0.15, -0.1) is 11.3 Å². The number of hydrogen-bond acceptors (Lipinski definition) is 3. The van der Waals surface area contributed by atoms with E-state index in [0.29, 0.717) is 11.1 Å². The van der Waals surface area contributed by atoms with Crippen molar-refractivity contribution >= 4 is 21.4 Å². The lowest BCUT2D eigenvalue weighted by Gasteiger charge is -2.00. The first kappa shape index (κ1) is 8.74. The fraction of sp³-hybridized carbons (Fsp3) is 0.0909. The molecule has 1 aromatic heterocycles. The van der Waals surface area contributed by atoms with Crippen LogP contribution in [0.3, 0.4) is 0 Å². The van der Waals surface area contributed by atoms with Crippen LogP contribution in [-0.2, 0) is 0 Å². The third kappa shape index (κ3) is 1.08. The SMILES string of the molecule is Cc1cc(C#N)c2ccsc2c1C#N. The number of nitrogens with zero attached hydrogens (tertiary/aromatic N) is 2. The molecule has 0 saturated heterocycles. The smallest absolute Gasteiger partial charge is 0.101 e. The standard InChI is InChI=1S/C11H6N2S/c1-7-4-8(5-12)9-2-3-14-11(9)10(7)6-13/h2-4H,1H3. The monoisotopic (exact) mass is 198 g/mol. The van der Waals surface area contributed by atoms with Crippen LogP contribution in [-0.4, -0.2) is 0 Å². The van der Waals surface area contributed by atoms with Crippen LogP contribution in [0.4, 0.5) is 0 Å². The van der Waals surface area contributed by atoms with Crippen LogP contribution < -0.4 is 0 Å². The Morgan fingerprint density at radius 2 is 2.07 bits per heavy atom. The number of nitriles is 2. The quantitative estimate of drug-likeness (QED) is 0.653. The van der Waals surface area contributed by atoms with Crippen molar-refractivity contribution in [2.24, 2.45) is 0 Å². The van der Waals surface area contributed by atoms with Crippen LogP contribution in [0.2, 0.25) is 0 Å². The Morgan fingerprint density at radius 3 is 2.71 bits per heavy atom. The zero-order chi connectivity index (χ0) is 10.1. The summed E-state index contributed by atoms with van der Waals surface area (Å²) in [6.45, 7) is 1.86. The van der Waals surface area contributed by atoms with Gasteiger partial charge in [-0.2, -0.15) is 10.5 Å². The molecule has 0 atom stereocenters. The van der Waals surface area contributed by atoms with Crippen LogP contribution in [0.25, 0.3) is 10.1 Å². The van der Waals surface area contributed by atoms with Crippen molar-refractivity contribution in [2.75, 3.05) is 0 Å². The van der Waals surface area contributed by atoms with E-state index in [1.807, 2.05) is 18.4 Å². The molecule has 1 heterocycles. The first-order chi connectivity index (χ1) is 6.77. The van der Waals surface area contributed by atoms with Gasteiger partial charge in [-0.3, -0.25) is 0 Å². The number of aryl methyl sites for hydroxylation is 1. The molecule has 0 bridgehead atoms. The van der Waals surface area contributed by atoms with E-state index in [1.54, 1.807) is 6.07 Å². The van der Waals surface area contributed by atoms with Gasteiger partial charge in [-0.05, 0) is 30.0 Å². The second-order valence-electron chi connectivity index (χ2n) is 3.00. The average molecular weight is 198 g/mol. The summed E-state index contributed by atoms with van der Waals surface area (Å²) in [5.41, 5.74) is 2.21. The Bertz CT molecular complexity index is 582. The van der Waals surface area contributed by atoms with E-state index < -0.39 is 0 Å². The van der Waals surface area contributed by atoms with Crippen molar-refractivity contribution in [1.29, 1.82) is 10.5 Å². The van der Waals surface area contributed by atoms with Crippen molar-refractivity contribution in [2.45, 2.75) is 6.92 Å². The summed E-state index contributed by atoms with van der Waals surface area (Å²) >= 11 is 1.51. The highest BCUT2D eigenvalue weighted by atomic mass is 32.1. The van der Waals surface area contributed by atoms with Gasteiger partial charge in [0, 0.05) is 5.39 Å². The first-order valence-electron chi connectivity index (χ1n) is 4.09. The number of rotatable bonds is 0. The maximum Gasteiger partial charge on any atom is 0.101 e. The highest BCUT2D eigenvalue weighted by Gasteiger charge is 2.09. The van der Waals surface area contributed by atoms with Crippen molar-refractivity contribution in [3.05, 3.63) is 34.2 Å². The van der Waals surface area contributed by atoms with E-state index in [2.05, 4.69) is 12.1 Å². The van der Waals surface area contributed by atoms with E-state index >= 15 is 0 Å². The Morgan fingerprint density at radius 1 is 1.29 bits per heavy atom. The largest absolute Gasteiger partial charge is 0.192 e. The van der Waals surface area contributed by atoms with Crippen LogP contribution >= 0.6 is 11.3 Å². The molecule has 0 N–H and O–H groups in total. The summed E-state index contributed by atoms with van der Waals surface area (Å²) in [5, 5.41) is 20.7. The molecule has 2 aromatic rings. The normalized spacial score (nSPS) is 9.64. The lowest BCUT2D eigenvalue weighted by molar-refractivity contribution is 1.41. The topological polar surface area (TPSA) is 47.6 Å². The highest BCUT2D eigenvalue weighted by Crippen LogP contribution is 2.29. The van der Waals surface area contributed by atoms with E-state index in [1.165, 1.54) is 11.3 Å². The van der Waals surface area contributed by atoms with Gasteiger partial charge in [0.1, 0.15) is 6.07 Å². The molecule has 2 rings (SSSR count). The zero-order valence-electron chi connectivity index (χ0n) is 7.53. The van der Waals surface area contributed by atoms with E-state index in [0.717, 1.165) is 15.6 Å². The molecule has 14 heavy (non-hydrogen) atoms. The summed E-state index contributed by atoms with van der Waals surface area (Å²) in [4.78, 5) is 0. The van der Waals surface area contributed by atoms with Crippen LogP contribution in [0.15, 0.2) is 17.5 Å². The Labute approximate surface area is 85.6 Å². The molecule has 0 saturated carbocycles. The molecular weight excluding hydrogens is 192 g/mol. The predicted octanol–water partition coefficient (Wildman–Crippen LogP) is 2.95. The molecule has 1 aromatic carbocycles. The number of benzene rings is 1. The van der Waals surface area contributed by atoms with Crippen molar-refractivity contribution in [3.8, 4) is 12.1 Å². The van der Waals surface area contributed by atoms with Crippen molar-refractivity contribution < 1.29 is 0 Å². The van der Waals surface area contributed by atoms with Gasteiger partial charge in [-0.25, -0.2) is 0 Å². The summed E-state index contributed by atoms with van der Waals surface area (Å²) in [7, 11) is 0. The van der Waals surface area contributed by atoms with Gasteiger partial charge >= 0.3 is 0 Å². The fourth-order valence-corrected chi connectivity index (χ4v) is 2.46. The number of fused-ring (bicyclic) bond motifs is 1. The van der Waals surface area contributed by atoms with Crippen LogP contribution in [0.1, 0.15) is 16.7 Å². The molecule has 3 heteroatoms. The molecule has 66 valence electrons. The molecular formula is C11H6N2S. The Hall–Kier alpha value is -1.84. The fourth-order valence-electron chi connectivity index (χ4n) is 1.49. The average Bonchev–Trinajstić information content (AvgIpc) is 2.65. The summed E-state index contributed by atoms with van der Waals surface area (Å²) in [6.07, 6.45) is 0. The number of hydrogen-bond donors (Lipinski definition) is 0. The maximum atomic E-state index is 8.97. The molecule has 0 unspecified atom stereocenters. The molecule has 0 radical (unpaired) electrons. The van der Waals surface area contributed by atoms with Crippen molar-refractivity contribution in [1.82, 2.24) is 0 Å². The second-order valence-corrected chi connectivity index (χ2v) is 3.92. The van der Waals surface area contributed by atoms with Gasteiger partial charge < -0.3 is 0 Å². The maximum absolute atomic E-state index is 8.97. The lowest BCUT2D eigenvalue weighted by atomic mass is 10.0. The third-order valence-electron chi connectivity index (χ3n) is 2.17. The van der Waals surface area contributed by atoms with E-state index in [-0.39, 0.29) is 0 Å². The Balaban J connectivity index is 3.00. The summed E-state index contributed by atoms with van der Waals surface area (Å²) in [5.74, 6) is 0. The minimum absolute atomic E-state index is 0.651. The minimum Gasteiger partial charge on any atom is -0.192 e. The molecule has 2 nitrogen and oxygen atoms in total. The number of thiophene rings is 1. The molecule has 0 amide bonds. The van der Waals surface area contributed by atoms with Crippen LogP contribution in [0, 0.1) is 29.6 Å². The van der Waals surface area contributed by atoms with Gasteiger partial charge in [0.15, 0.2) is 0 Å².